The van der Waals surface area contributed by atoms with Gasteiger partial charge in [0.2, 0.25) is 0 Å². The van der Waals surface area contributed by atoms with Crippen molar-refractivity contribution in [3.8, 4) is 6.07 Å². The van der Waals surface area contributed by atoms with Crippen molar-refractivity contribution < 1.29 is 14.7 Å². The number of rotatable bonds is 4. The second kappa shape index (κ2) is 10.5. The molecule has 6 heteroatoms. The monoisotopic (exact) mass is 297 g/mol. The fourth-order valence-corrected chi connectivity index (χ4v) is 1.51. The molecule has 1 unspecified atom stereocenters. The van der Waals surface area contributed by atoms with E-state index >= 15 is 0 Å². The van der Waals surface area contributed by atoms with Crippen LogP contribution in [0.1, 0.15) is 30.1 Å². The quantitative estimate of drug-likeness (QED) is 0.657. The van der Waals surface area contributed by atoms with E-state index in [0.29, 0.717) is 18.4 Å². The zero-order chi connectivity index (χ0) is 14.7. The zero-order valence-electron chi connectivity index (χ0n) is 10.4. The smallest absolute Gasteiger partial charge is 0.335 e. The Morgan fingerprint density at radius 3 is 2.37 bits per heavy atom. The van der Waals surface area contributed by atoms with Crippen LogP contribution in [0.4, 0.5) is 0 Å². The minimum atomic E-state index is -0.879. The van der Waals surface area contributed by atoms with Crippen molar-refractivity contribution >= 4 is 33.5 Å². The van der Waals surface area contributed by atoms with Gasteiger partial charge in [0.15, 0.2) is 5.12 Å². The van der Waals surface area contributed by atoms with Crippen LogP contribution >= 0.6 is 22.5 Å². The summed E-state index contributed by atoms with van der Waals surface area (Å²) in [6, 6.07) is 10.4. The highest BCUT2D eigenvalue weighted by atomic mass is 33.1. The van der Waals surface area contributed by atoms with Gasteiger partial charge in [-0.25, -0.2) is 4.79 Å². The summed E-state index contributed by atoms with van der Waals surface area (Å²) in [5, 5.41) is 16.8. The molecule has 1 N–H and O–H groups in total. The molecule has 0 saturated heterocycles. The summed E-state index contributed by atoms with van der Waals surface area (Å²) >= 11 is 3.73. The largest absolute Gasteiger partial charge is 0.478 e. The molecule has 0 aliphatic heterocycles. The van der Waals surface area contributed by atoms with Crippen molar-refractivity contribution in [3.05, 3.63) is 35.9 Å². The molecule has 102 valence electrons. The summed E-state index contributed by atoms with van der Waals surface area (Å²) in [5.41, 5.74) is 0.331. The van der Waals surface area contributed by atoms with E-state index in [1.165, 1.54) is 0 Å². The minimum Gasteiger partial charge on any atom is -0.478 e. The number of carbonyl (C=O) groups excluding carboxylic acids is 1. The predicted octanol–water partition coefficient (Wildman–Crippen LogP) is 3.42. The first kappa shape index (κ1) is 17.6. The van der Waals surface area contributed by atoms with Crippen molar-refractivity contribution in [2.75, 3.05) is 0 Å². The maximum Gasteiger partial charge on any atom is 0.335 e. The van der Waals surface area contributed by atoms with Crippen LogP contribution in [0.15, 0.2) is 30.3 Å². The number of hydrogen-bond acceptors (Lipinski definition) is 5. The van der Waals surface area contributed by atoms with Crippen molar-refractivity contribution in [2.24, 2.45) is 5.92 Å². The predicted molar refractivity (Wildman–Crippen MR) is 79.0 cm³/mol. The highest BCUT2D eigenvalue weighted by molar-refractivity contribution is 8.74. The van der Waals surface area contributed by atoms with Gasteiger partial charge in [0.05, 0.1) is 11.6 Å². The zero-order valence-corrected chi connectivity index (χ0v) is 12.2. The first-order chi connectivity index (χ1) is 9.01. The second-order valence-corrected chi connectivity index (χ2v) is 4.89. The molecule has 0 fully saturated rings. The average Bonchev–Trinajstić information content (AvgIpc) is 2.45. The van der Waals surface area contributed by atoms with Crippen LogP contribution < -0.4 is 0 Å². The number of thiol groups is 1. The highest BCUT2D eigenvalue weighted by Gasteiger charge is 2.03. The third-order valence-electron chi connectivity index (χ3n) is 2.12. The number of carboxylic acid groups (broad SMARTS) is 1. The van der Waals surface area contributed by atoms with Crippen LogP contribution in [-0.4, -0.2) is 16.2 Å². The lowest BCUT2D eigenvalue weighted by Crippen LogP contribution is -1.94. The molecule has 0 heterocycles. The molecule has 0 spiro atoms. The number of carbonyl (C=O) groups is 2. The van der Waals surface area contributed by atoms with Crippen molar-refractivity contribution in [2.45, 2.75) is 19.8 Å². The number of aromatic carboxylic acids is 1. The molecule has 0 radical (unpaired) electrons. The van der Waals surface area contributed by atoms with Gasteiger partial charge in [0.1, 0.15) is 0 Å². The lowest BCUT2D eigenvalue weighted by Gasteiger charge is -1.97. The Labute approximate surface area is 121 Å². The molecular formula is C13H15NO3S2. The van der Waals surface area contributed by atoms with E-state index in [4.69, 9.17) is 10.4 Å². The Kier molecular flexibility index (Phi) is 9.67. The molecule has 0 aliphatic rings. The van der Waals surface area contributed by atoms with E-state index in [2.05, 4.69) is 17.7 Å². The molecule has 19 heavy (non-hydrogen) atoms. The van der Waals surface area contributed by atoms with Gasteiger partial charge in [-0.05, 0) is 36.3 Å². The van der Waals surface area contributed by atoms with Gasteiger partial charge < -0.3 is 5.11 Å². The van der Waals surface area contributed by atoms with Crippen LogP contribution in [0.5, 0.6) is 0 Å². The molecule has 0 bridgehead atoms. The Bertz CT molecular complexity index is 443. The molecule has 0 aliphatic carbocycles. The van der Waals surface area contributed by atoms with Crippen molar-refractivity contribution in [1.29, 1.82) is 5.26 Å². The van der Waals surface area contributed by atoms with Gasteiger partial charge in [-0.1, -0.05) is 18.2 Å². The van der Waals surface area contributed by atoms with E-state index in [-0.39, 0.29) is 11.0 Å². The van der Waals surface area contributed by atoms with Gasteiger partial charge in [-0.2, -0.15) is 5.26 Å². The molecule has 1 atom stereocenters. The lowest BCUT2D eigenvalue weighted by atomic mass is 10.1. The van der Waals surface area contributed by atoms with Gasteiger partial charge in [-0.3, -0.25) is 4.79 Å². The summed E-state index contributed by atoms with van der Waals surface area (Å²) in [6.45, 7) is 1.80. The van der Waals surface area contributed by atoms with Gasteiger partial charge >= 0.3 is 5.97 Å². The van der Waals surface area contributed by atoms with Crippen LogP contribution in [0.25, 0.3) is 0 Å². The number of nitriles is 1. The molecule has 1 aromatic carbocycles. The van der Waals surface area contributed by atoms with Crippen molar-refractivity contribution in [3.63, 3.8) is 0 Å². The van der Waals surface area contributed by atoms with Gasteiger partial charge in [0, 0.05) is 12.3 Å². The molecule has 0 amide bonds. The highest BCUT2D eigenvalue weighted by Crippen LogP contribution is 2.13. The van der Waals surface area contributed by atoms with Crippen LogP contribution in [0.3, 0.4) is 0 Å². The number of nitrogens with zero attached hydrogens (tertiary/aromatic N) is 1. The van der Waals surface area contributed by atoms with E-state index < -0.39 is 5.97 Å². The topological polar surface area (TPSA) is 78.2 Å². The summed E-state index contributed by atoms with van der Waals surface area (Å²) in [5.74, 6) is -0.903. The number of benzene rings is 1. The fraction of sp³-hybridized carbons (Fsp3) is 0.308. The third kappa shape index (κ3) is 9.17. The first-order valence-electron chi connectivity index (χ1n) is 5.53. The maximum absolute atomic E-state index is 10.6. The van der Waals surface area contributed by atoms with E-state index in [9.17, 15) is 9.59 Å². The van der Waals surface area contributed by atoms with Crippen molar-refractivity contribution in [1.82, 2.24) is 0 Å². The first-order valence-corrected chi connectivity index (χ1v) is 7.40. The van der Waals surface area contributed by atoms with Gasteiger partial charge in [0.25, 0.3) is 0 Å². The molecule has 0 saturated carbocycles. The third-order valence-corrected chi connectivity index (χ3v) is 3.14. The maximum atomic E-state index is 10.6. The Hall–Kier alpha value is -1.45. The summed E-state index contributed by atoms with van der Waals surface area (Å²) in [7, 11) is 0.923. The van der Waals surface area contributed by atoms with Crippen LogP contribution in [0.2, 0.25) is 0 Å². The van der Waals surface area contributed by atoms with Crippen LogP contribution in [-0.2, 0) is 4.79 Å². The summed E-state index contributed by atoms with van der Waals surface area (Å²) in [4.78, 5) is 20.8. The fourth-order valence-electron chi connectivity index (χ4n) is 1.03. The standard InChI is InChI=1S/C7H6O2.C6H9NOS2/c8-7(9)6-4-2-1-3-5-6;1-5(4-7)2-3-6(8)10-9/h1-5H,(H,8,9);5,9H,2-3H2,1H3. The van der Waals surface area contributed by atoms with Gasteiger partial charge in [-0.15, -0.1) is 11.7 Å². The van der Waals surface area contributed by atoms with E-state index in [1.807, 2.05) is 0 Å². The number of hydrogen-bond donors (Lipinski definition) is 2. The summed E-state index contributed by atoms with van der Waals surface area (Å²) in [6.07, 6.45) is 1.09. The van der Waals surface area contributed by atoms with E-state index in [0.717, 1.165) is 10.8 Å². The van der Waals surface area contributed by atoms with Crippen LogP contribution in [0, 0.1) is 17.2 Å². The number of carboxylic acids is 1. The second-order valence-electron chi connectivity index (χ2n) is 3.70. The SMILES string of the molecule is CC(C#N)CCC(=O)SS.O=C(O)c1ccccc1. The molecular weight excluding hydrogens is 282 g/mol. The summed E-state index contributed by atoms with van der Waals surface area (Å²) < 4.78 is 0. The molecule has 1 rings (SSSR count). The molecule has 4 nitrogen and oxygen atoms in total. The Balaban J connectivity index is 0.000000342. The average molecular weight is 297 g/mol. The molecule has 0 aromatic heterocycles. The minimum absolute atomic E-state index is 0.0237. The molecule has 1 aromatic rings. The van der Waals surface area contributed by atoms with E-state index in [1.54, 1.807) is 37.3 Å². The Morgan fingerprint density at radius 2 is 2.00 bits per heavy atom. The normalized spacial score (nSPS) is 10.6. The Morgan fingerprint density at radius 1 is 1.42 bits per heavy atom. The lowest BCUT2D eigenvalue weighted by molar-refractivity contribution is -0.111.